The molecular weight excluding hydrogens is 844 g/mol. The third-order valence-corrected chi connectivity index (χ3v) is 13.1. The van der Waals surface area contributed by atoms with Crippen LogP contribution in [0.25, 0.3) is 11.1 Å². The molecular formula is C54H73FO11. The second-order valence-corrected chi connectivity index (χ2v) is 19.0. The normalized spacial score (nSPS) is 18.4. The molecule has 66 heavy (non-hydrogen) atoms. The van der Waals surface area contributed by atoms with Gasteiger partial charge < -0.3 is 23.7 Å². The van der Waals surface area contributed by atoms with E-state index in [4.69, 9.17) is 23.7 Å². The SMILES string of the molecule is C=C(C)C(=O)OCCCc1cc(-c2ccc(C3CCC(C4CCC(CCCC)CC4)CC3)cc2F)c(CC)cc1OCC(COC(=O)CC(C)=O)(COC(=O)CC(C)=O)COC(=O)C(=C)C. The van der Waals surface area contributed by atoms with Crippen molar-refractivity contribution in [1.29, 1.82) is 0 Å². The largest absolute Gasteiger partial charge is 0.492 e. The van der Waals surface area contributed by atoms with Gasteiger partial charge in [0.1, 0.15) is 67.8 Å². The highest BCUT2D eigenvalue weighted by Crippen LogP contribution is 2.45. The van der Waals surface area contributed by atoms with E-state index in [0.29, 0.717) is 47.6 Å². The lowest BCUT2D eigenvalue weighted by Gasteiger charge is -2.38. The highest BCUT2D eigenvalue weighted by Gasteiger charge is 2.38. The van der Waals surface area contributed by atoms with Crippen LogP contribution in [0.1, 0.15) is 154 Å². The van der Waals surface area contributed by atoms with Gasteiger partial charge in [0.05, 0.1) is 6.61 Å². The first-order valence-corrected chi connectivity index (χ1v) is 24.0. The standard InChI is InChI=1S/C54H73FO11/c1-9-11-13-39-15-17-41(18-16-39)42-19-21-43(22-20-42)44-23-24-46(48(55)29-44)47-28-45(14-12-25-62-52(60)35(3)4)49(30-40(47)10-2)63-31-54(34-66-53(61)36(5)6,32-64-50(58)26-37(7)56)33-65-51(59)27-38(8)57/h23-24,28-30,39,41-43H,3,5,9-22,25-27,31-34H2,1-2,4,6-8H3. The average molecular weight is 917 g/mol. The summed E-state index contributed by atoms with van der Waals surface area (Å²) in [6, 6.07) is 9.31. The number of ether oxygens (including phenoxy) is 5. The minimum absolute atomic E-state index is 0.0700. The molecule has 11 nitrogen and oxygen atoms in total. The third-order valence-electron chi connectivity index (χ3n) is 13.1. The van der Waals surface area contributed by atoms with Crippen LogP contribution in [0.3, 0.4) is 0 Å². The van der Waals surface area contributed by atoms with Gasteiger partial charge in [0, 0.05) is 16.7 Å². The predicted octanol–water partition coefficient (Wildman–Crippen LogP) is 10.9. The van der Waals surface area contributed by atoms with E-state index in [0.717, 1.165) is 41.7 Å². The zero-order valence-corrected chi connectivity index (χ0v) is 40.3. The van der Waals surface area contributed by atoms with Crippen LogP contribution in [-0.4, -0.2) is 68.5 Å². The van der Waals surface area contributed by atoms with E-state index >= 15 is 4.39 Å². The smallest absolute Gasteiger partial charge is 0.333 e. The molecule has 2 fully saturated rings. The predicted molar refractivity (Wildman–Crippen MR) is 251 cm³/mol. The van der Waals surface area contributed by atoms with E-state index < -0.39 is 73.5 Å². The van der Waals surface area contributed by atoms with E-state index in [1.54, 1.807) is 13.0 Å². The van der Waals surface area contributed by atoms with E-state index in [2.05, 4.69) is 26.1 Å². The molecule has 12 heteroatoms. The molecule has 0 saturated heterocycles. The molecule has 0 spiro atoms. The molecule has 2 saturated carbocycles. The van der Waals surface area contributed by atoms with Crippen molar-refractivity contribution in [1.82, 2.24) is 0 Å². The van der Waals surface area contributed by atoms with Crippen LogP contribution >= 0.6 is 0 Å². The van der Waals surface area contributed by atoms with E-state index in [1.807, 2.05) is 25.1 Å². The lowest BCUT2D eigenvalue weighted by Crippen LogP contribution is -2.44. The maximum atomic E-state index is 16.5. The van der Waals surface area contributed by atoms with Crippen molar-refractivity contribution in [3.05, 3.63) is 77.1 Å². The number of halogens is 1. The first kappa shape index (κ1) is 53.5. The number of rotatable bonds is 26. The Kier molecular flexibility index (Phi) is 21.3. The van der Waals surface area contributed by atoms with Crippen LogP contribution in [0.2, 0.25) is 0 Å². The van der Waals surface area contributed by atoms with Gasteiger partial charge >= 0.3 is 23.9 Å². The Bertz CT molecular complexity index is 2000. The summed E-state index contributed by atoms with van der Waals surface area (Å²) in [6.45, 7) is 15.2. The molecule has 2 aromatic rings. The van der Waals surface area contributed by atoms with Crippen LogP contribution in [-0.2, 0) is 60.6 Å². The Morgan fingerprint density at radius 2 is 1.21 bits per heavy atom. The van der Waals surface area contributed by atoms with Gasteiger partial charge in [-0.05, 0) is 150 Å². The lowest BCUT2D eigenvalue weighted by atomic mass is 9.68. The lowest BCUT2D eigenvalue weighted by molar-refractivity contribution is -0.163. The molecule has 0 heterocycles. The molecule has 0 unspecified atom stereocenters. The quantitative estimate of drug-likeness (QED) is 0.0292. The van der Waals surface area contributed by atoms with Gasteiger partial charge in [0.2, 0.25) is 0 Å². The number of benzene rings is 2. The van der Waals surface area contributed by atoms with Gasteiger partial charge in [-0.2, -0.15) is 0 Å². The Morgan fingerprint density at radius 3 is 1.74 bits per heavy atom. The maximum absolute atomic E-state index is 16.5. The van der Waals surface area contributed by atoms with Crippen molar-refractivity contribution in [2.45, 2.75) is 150 Å². The first-order valence-electron chi connectivity index (χ1n) is 24.0. The van der Waals surface area contributed by atoms with Crippen molar-refractivity contribution in [2.75, 3.05) is 33.0 Å². The van der Waals surface area contributed by atoms with Gasteiger partial charge in [-0.1, -0.05) is 71.2 Å². The zero-order valence-electron chi connectivity index (χ0n) is 40.3. The number of hydrogen-bond donors (Lipinski definition) is 0. The molecule has 0 radical (unpaired) electrons. The highest BCUT2D eigenvalue weighted by molar-refractivity contribution is 5.94. The summed E-state index contributed by atoms with van der Waals surface area (Å²) in [5.74, 6) is -1.04. The van der Waals surface area contributed by atoms with Crippen molar-refractivity contribution in [3.8, 4) is 16.9 Å². The van der Waals surface area contributed by atoms with Gasteiger partial charge in [0.25, 0.3) is 0 Å². The number of hydrogen-bond acceptors (Lipinski definition) is 11. The fourth-order valence-corrected chi connectivity index (χ4v) is 9.26. The van der Waals surface area contributed by atoms with Gasteiger partial charge in [-0.15, -0.1) is 0 Å². The molecule has 0 atom stereocenters. The first-order chi connectivity index (χ1) is 31.4. The summed E-state index contributed by atoms with van der Waals surface area (Å²) in [4.78, 5) is 73.7. The topological polar surface area (TPSA) is 149 Å². The molecule has 0 aliphatic heterocycles. The molecule has 362 valence electrons. The minimum Gasteiger partial charge on any atom is -0.492 e. The Morgan fingerprint density at radius 1 is 0.652 bits per heavy atom. The number of Topliss-reactive ketones (excluding diaryl/α,β-unsaturated/α-hetero) is 2. The average Bonchev–Trinajstić information content (AvgIpc) is 3.28. The molecule has 0 bridgehead atoms. The van der Waals surface area contributed by atoms with Crippen molar-refractivity contribution >= 4 is 35.4 Å². The monoisotopic (exact) mass is 917 g/mol. The summed E-state index contributed by atoms with van der Waals surface area (Å²) in [5.41, 5.74) is 2.38. The second kappa shape index (κ2) is 26.3. The minimum atomic E-state index is -1.53. The number of carbonyl (C=O) groups excluding carboxylic acids is 6. The van der Waals surface area contributed by atoms with Gasteiger partial charge in [-0.3, -0.25) is 19.2 Å². The second-order valence-electron chi connectivity index (χ2n) is 19.0. The molecule has 2 aliphatic carbocycles. The Labute approximate surface area is 391 Å². The highest BCUT2D eigenvalue weighted by atomic mass is 19.1. The number of carbonyl (C=O) groups is 6. The van der Waals surface area contributed by atoms with Crippen LogP contribution in [0.4, 0.5) is 4.39 Å². The molecule has 2 aliphatic rings. The van der Waals surface area contributed by atoms with Gasteiger partial charge in [0.15, 0.2) is 0 Å². The number of ketones is 2. The van der Waals surface area contributed by atoms with E-state index in [-0.39, 0.29) is 30.2 Å². The van der Waals surface area contributed by atoms with Crippen molar-refractivity contribution in [2.24, 2.45) is 23.2 Å². The summed E-state index contributed by atoms with van der Waals surface area (Å²) >= 11 is 0. The molecule has 0 N–H and O–H groups in total. The molecule has 0 amide bonds. The maximum Gasteiger partial charge on any atom is 0.333 e. The van der Waals surface area contributed by atoms with Crippen molar-refractivity contribution in [3.63, 3.8) is 0 Å². The number of unbranched alkanes of at least 4 members (excludes halogenated alkanes) is 1. The Balaban J connectivity index is 1.64. The van der Waals surface area contributed by atoms with Crippen LogP contribution in [0.15, 0.2) is 54.6 Å². The van der Waals surface area contributed by atoms with Gasteiger partial charge in [-0.25, -0.2) is 14.0 Å². The summed E-state index contributed by atoms with van der Waals surface area (Å²) < 4.78 is 44.9. The van der Waals surface area contributed by atoms with Crippen LogP contribution < -0.4 is 4.74 Å². The fourth-order valence-electron chi connectivity index (χ4n) is 9.26. The van der Waals surface area contributed by atoms with Crippen LogP contribution in [0.5, 0.6) is 5.75 Å². The summed E-state index contributed by atoms with van der Waals surface area (Å²) in [5, 5.41) is 0. The third kappa shape index (κ3) is 16.6. The summed E-state index contributed by atoms with van der Waals surface area (Å²) in [7, 11) is 0. The van der Waals surface area contributed by atoms with Crippen LogP contribution in [0, 0.1) is 29.0 Å². The summed E-state index contributed by atoms with van der Waals surface area (Å²) in [6.07, 6.45) is 14.0. The molecule has 2 aromatic carbocycles. The zero-order chi connectivity index (χ0) is 48.4. The van der Waals surface area contributed by atoms with E-state index in [9.17, 15) is 28.8 Å². The number of aryl methyl sites for hydroxylation is 2. The van der Waals surface area contributed by atoms with E-state index in [1.165, 1.54) is 78.6 Å². The number of esters is 4. The molecule has 0 aromatic heterocycles. The van der Waals surface area contributed by atoms with Crippen molar-refractivity contribution < 1.29 is 56.8 Å². The fraction of sp³-hybridized carbons (Fsp3) is 0.593. The Hall–Kier alpha value is -5.13. The molecule has 4 rings (SSSR count).